The van der Waals surface area contributed by atoms with Gasteiger partial charge in [0.05, 0.1) is 12.0 Å². The monoisotopic (exact) mass is 261 g/mol. The van der Waals surface area contributed by atoms with Crippen LogP contribution in [0.25, 0.3) is 0 Å². The first-order valence-corrected chi connectivity index (χ1v) is 6.70. The highest BCUT2D eigenvalue weighted by molar-refractivity contribution is 6.21. The summed E-state index contributed by atoms with van der Waals surface area (Å²) >= 11 is 6.08. The van der Waals surface area contributed by atoms with E-state index in [1.807, 2.05) is 7.05 Å². The van der Waals surface area contributed by atoms with Crippen LogP contribution in [-0.4, -0.2) is 43.5 Å². The predicted octanol–water partition coefficient (Wildman–Crippen LogP) is 2.52. The molecule has 0 saturated heterocycles. The van der Waals surface area contributed by atoms with Crippen LogP contribution in [0.3, 0.4) is 0 Å². The van der Waals surface area contributed by atoms with E-state index in [9.17, 15) is 4.79 Å². The highest BCUT2D eigenvalue weighted by atomic mass is 35.5. The molecule has 17 heavy (non-hydrogen) atoms. The van der Waals surface area contributed by atoms with E-state index in [2.05, 4.69) is 13.8 Å². The van der Waals surface area contributed by atoms with E-state index in [4.69, 9.17) is 16.3 Å². The van der Waals surface area contributed by atoms with Crippen LogP contribution in [0.5, 0.6) is 0 Å². The summed E-state index contributed by atoms with van der Waals surface area (Å²) in [7, 11) is 3.46. The minimum Gasteiger partial charge on any atom is -0.383 e. The van der Waals surface area contributed by atoms with Gasteiger partial charge < -0.3 is 9.64 Å². The highest BCUT2D eigenvalue weighted by Gasteiger charge is 2.40. The molecule has 1 fully saturated rings. The van der Waals surface area contributed by atoms with Crippen LogP contribution < -0.4 is 0 Å². The largest absolute Gasteiger partial charge is 0.383 e. The Bertz CT molecular complexity index is 268. The van der Waals surface area contributed by atoms with E-state index in [-0.39, 0.29) is 22.6 Å². The van der Waals surface area contributed by atoms with Crippen molar-refractivity contribution in [3.8, 4) is 0 Å². The van der Waals surface area contributed by atoms with Crippen LogP contribution in [0.1, 0.15) is 33.1 Å². The Morgan fingerprint density at radius 3 is 2.71 bits per heavy atom. The molecule has 1 aliphatic rings. The summed E-state index contributed by atoms with van der Waals surface area (Å²) in [5, 5.41) is -0.126. The topological polar surface area (TPSA) is 29.5 Å². The summed E-state index contributed by atoms with van der Waals surface area (Å²) in [5.41, 5.74) is 0.133. The number of rotatable bonds is 5. The second-order valence-corrected chi connectivity index (χ2v) is 6.32. The minimum absolute atomic E-state index is 0.126. The lowest BCUT2D eigenvalue weighted by molar-refractivity contribution is -0.137. The van der Waals surface area contributed by atoms with Crippen molar-refractivity contribution < 1.29 is 9.53 Å². The fourth-order valence-corrected chi connectivity index (χ4v) is 3.00. The Morgan fingerprint density at radius 2 is 2.24 bits per heavy atom. The Labute approximate surface area is 109 Å². The second-order valence-electron chi connectivity index (χ2n) is 5.70. The van der Waals surface area contributed by atoms with Gasteiger partial charge in [-0.3, -0.25) is 4.79 Å². The van der Waals surface area contributed by atoms with Gasteiger partial charge in [0, 0.05) is 26.6 Å². The molecule has 0 aromatic carbocycles. The van der Waals surface area contributed by atoms with Crippen molar-refractivity contribution in [2.24, 2.45) is 11.3 Å². The predicted molar refractivity (Wildman–Crippen MR) is 70.3 cm³/mol. The van der Waals surface area contributed by atoms with Crippen LogP contribution in [0.2, 0.25) is 0 Å². The number of halogens is 1. The van der Waals surface area contributed by atoms with E-state index in [1.165, 1.54) is 0 Å². The molecule has 100 valence electrons. The summed E-state index contributed by atoms with van der Waals surface area (Å²) < 4.78 is 4.98. The summed E-state index contributed by atoms with van der Waals surface area (Å²) in [6, 6.07) is 0. The number of alkyl halides is 1. The molecule has 4 heteroatoms. The SMILES string of the molecule is COCC(Cl)CN(C)C(=O)C1CCCC1(C)C. The molecule has 2 atom stereocenters. The van der Waals surface area contributed by atoms with Gasteiger partial charge in [-0.1, -0.05) is 20.3 Å². The molecule has 1 rings (SSSR count). The molecule has 0 N–H and O–H groups in total. The van der Waals surface area contributed by atoms with Gasteiger partial charge >= 0.3 is 0 Å². The van der Waals surface area contributed by atoms with Crippen LogP contribution in [-0.2, 0) is 9.53 Å². The minimum atomic E-state index is -0.126. The van der Waals surface area contributed by atoms with Gasteiger partial charge in [-0.25, -0.2) is 0 Å². The zero-order chi connectivity index (χ0) is 13.1. The lowest BCUT2D eigenvalue weighted by atomic mass is 9.81. The van der Waals surface area contributed by atoms with Crippen molar-refractivity contribution in [3.63, 3.8) is 0 Å². The molecular formula is C13H24ClNO2. The van der Waals surface area contributed by atoms with E-state index in [0.717, 1.165) is 19.3 Å². The Kier molecular flexibility index (Phi) is 5.26. The van der Waals surface area contributed by atoms with E-state index >= 15 is 0 Å². The van der Waals surface area contributed by atoms with Gasteiger partial charge in [-0.15, -0.1) is 11.6 Å². The summed E-state index contributed by atoms with van der Waals surface area (Å²) in [6.07, 6.45) is 3.30. The molecule has 0 aliphatic heterocycles. The van der Waals surface area contributed by atoms with Crippen molar-refractivity contribution in [2.45, 2.75) is 38.5 Å². The molecule has 0 heterocycles. The fraction of sp³-hybridized carbons (Fsp3) is 0.923. The quantitative estimate of drug-likeness (QED) is 0.712. The Hall–Kier alpha value is -0.280. The zero-order valence-corrected chi connectivity index (χ0v) is 12.1. The molecule has 1 amide bonds. The third-order valence-corrected chi connectivity index (χ3v) is 4.02. The highest BCUT2D eigenvalue weighted by Crippen LogP contribution is 2.43. The van der Waals surface area contributed by atoms with Crippen molar-refractivity contribution in [3.05, 3.63) is 0 Å². The Balaban J connectivity index is 2.52. The number of hydrogen-bond donors (Lipinski definition) is 0. The van der Waals surface area contributed by atoms with Gasteiger partial charge in [-0.2, -0.15) is 0 Å². The van der Waals surface area contributed by atoms with Crippen molar-refractivity contribution in [1.82, 2.24) is 4.90 Å². The first-order valence-electron chi connectivity index (χ1n) is 6.26. The smallest absolute Gasteiger partial charge is 0.226 e. The molecule has 0 aromatic heterocycles. The van der Waals surface area contributed by atoms with Crippen LogP contribution >= 0.6 is 11.6 Å². The van der Waals surface area contributed by atoms with Crippen LogP contribution in [0.15, 0.2) is 0 Å². The molecule has 0 spiro atoms. The van der Waals surface area contributed by atoms with E-state index in [0.29, 0.717) is 13.2 Å². The molecule has 0 bridgehead atoms. The number of carbonyl (C=O) groups excluding carboxylic acids is 1. The number of methoxy groups -OCH3 is 1. The third-order valence-electron chi connectivity index (χ3n) is 3.75. The first-order chi connectivity index (χ1) is 7.88. The number of nitrogens with zero attached hydrogens (tertiary/aromatic N) is 1. The standard InChI is InChI=1S/C13H24ClNO2/c1-13(2)7-5-6-11(13)12(16)15(3)8-10(14)9-17-4/h10-11H,5-9H2,1-4H3. The molecule has 0 aromatic rings. The van der Waals surface area contributed by atoms with Crippen molar-refractivity contribution >= 4 is 17.5 Å². The normalized spacial score (nSPS) is 24.6. The van der Waals surface area contributed by atoms with Crippen molar-refractivity contribution in [1.29, 1.82) is 0 Å². The number of amides is 1. The average Bonchev–Trinajstić information content (AvgIpc) is 2.57. The van der Waals surface area contributed by atoms with Gasteiger partial charge in [0.2, 0.25) is 5.91 Å². The summed E-state index contributed by atoms with van der Waals surface area (Å²) in [5.74, 6) is 0.383. The van der Waals surface area contributed by atoms with Gasteiger partial charge in [0.15, 0.2) is 0 Å². The number of carbonyl (C=O) groups is 1. The lowest BCUT2D eigenvalue weighted by Gasteiger charge is -2.30. The van der Waals surface area contributed by atoms with Crippen LogP contribution in [0.4, 0.5) is 0 Å². The third kappa shape index (κ3) is 3.85. The van der Waals surface area contributed by atoms with Gasteiger partial charge in [0.25, 0.3) is 0 Å². The number of hydrogen-bond acceptors (Lipinski definition) is 2. The van der Waals surface area contributed by atoms with Crippen molar-refractivity contribution in [2.75, 3.05) is 27.3 Å². The van der Waals surface area contributed by atoms with E-state index < -0.39 is 0 Å². The fourth-order valence-electron chi connectivity index (χ4n) is 2.67. The Morgan fingerprint density at radius 1 is 1.59 bits per heavy atom. The maximum atomic E-state index is 12.3. The van der Waals surface area contributed by atoms with Gasteiger partial charge in [-0.05, 0) is 18.3 Å². The maximum Gasteiger partial charge on any atom is 0.226 e. The maximum absolute atomic E-state index is 12.3. The molecule has 1 saturated carbocycles. The zero-order valence-electron chi connectivity index (χ0n) is 11.3. The summed E-state index contributed by atoms with van der Waals surface area (Å²) in [6.45, 7) is 5.40. The lowest BCUT2D eigenvalue weighted by Crippen LogP contribution is -2.41. The molecule has 1 aliphatic carbocycles. The molecule has 0 radical (unpaired) electrons. The first kappa shape index (κ1) is 14.8. The average molecular weight is 262 g/mol. The summed E-state index contributed by atoms with van der Waals surface area (Å²) in [4.78, 5) is 14.1. The van der Waals surface area contributed by atoms with Crippen LogP contribution in [0, 0.1) is 11.3 Å². The van der Waals surface area contributed by atoms with E-state index in [1.54, 1.807) is 12.0 Å². The second kappa shape index (κ2) is 6.05. The number of ether oxygens (including phenoxy) is 1. The molecular weight excluding hydrogens is 238 g/mol. The molecule has 2 unspecified atom stereocenters. The van der Waals surface area contributed by atoms with Gasteiger partial charge in [0.1, 0.15) is 0 Å². The molecule has 3 nitrogen and oxygen atoms in total.